The van der Waals surface area contributed by atoms with Crippen LogP contribution in [0.15, 0.2) is 36.4 Å². The second-order valence-electron chi connectivity index (χ2n) is 7.52. The van der Waals surface area contributed by atoms with Gasteiger partial charge in [-0.15, -0.1) is 0 Å². The predicted octanol–water partition coefficient (Wildman–Crippen LogP) is 3.72. The largest absolute Gasteiger partial charge is 0.493 e. The SMILES string of the molecule is COc1ccccc1OCC(=O)N(CCCN1CCOCC1)c1nc2c(F)cc(F)cc2s1. The number of carbonyl (C=O) groups excluding carboxylic acids is 1. The van der Waals surface area contributed by atoms with E-state index in [2.05, 4.69) is 9.88 Å². The van der Waals surface area contributed by atoms with Crippen molar-refractivity contribution < 1.29 is 27.8 Å². The maximum Gasteiger partial charge on any atom is 0.266 e. The summed E-state index contributed by atoms with van der Waals surface area (Å²) in [6.45, 7) is 3.98. The molecule has 0 bridgehead atoms. The van der Waals surface area contributed by atoms with Crippen LogP contribution in [0.4, 0.5) is 13.9 Å². The van der Waals surface area contributed by atoms with Crippen molar-refractivity contribution in [3.8, 4) is 11.5 Å². The van der Waals surface area contributed by atoms with Gasteiger partial charge in [-0.2, -0.15) is 0 Å². The zero-order chi connectivity index (χ0) is 23.2. The van der Waals surface area contributed by atoms with Gasteiger partial charge in [-0.05, 0) is 24.6 Å². The molecule has 0 unspecified atom stereocenters. The van der Waals surface area contributed by atoms with Gasteiger partial charge in [0.1, 0.15) is 11.3 Å². The van der Waals surface area contributed by atoms with Gasteiger partial charge in [-0.3, -0.25) is 14.6 Å². The number of para-hydroxylation sites is 2. The topological polar surface area (TPSA) is 64.1 Å². The fourth-order valence-corrected chi connectivity index (χ4v) is 4.67. The Hall–Kier alpha value is -2.82. The lowest BCUT2D eigenvalue weighted by Gasteiger charge is -2.27. The van der Waals surface area contributed by atoms with Gasteiger partial charge in [0.2, 0.25) is 0 Å². The van der Waals surface area contributed by atoms with Crippen LogP contribution in [-0.4, -0.2) is 68.9 Å². The van der Waals surface area contributed by atoms with Crippen LogP contribution in [0.3, 0.4) is 0 Å². The van der Waals surface area contributed by atoms with Crippen molar-refractivity contribution in [1.82, 2.24) is 9.88 Å². The summed E-state index contributed by atoms with van der Waals surface area (Å²) in [7, 11) is 1.52. The van der Waals surface area contributed by atoms with Crippen LogP contribution in [0.1, 0.15) is 6.42 Å². The van der Waals surface area contributed by atoms with Crippen molar-refractivity contribution in [1.29, 1.82) is 0 Å². The fraction of sp³-hybridized carbons (Fsp3) is 0.391. The first-order valence-corrected chi connectivity index (χ1v) is 11.5. The Labute approximate surface area is 194 Å². The molecule has 1 aliphatic heterocycles. The Morgan fingerprint density at radius 2 is 1.97 bits per heavy atom. The van der Waals surface area contributed by atoms with E-state index in [-0.39, 0.29) is 18.0 Å². The Kier molecular flexibility index (Phi) is 7.69. The van der Waals surface area contributed by atoms with Crippen LogP contribution >= 0.6 is 11.3 Å². The van der Waals surface area contributed by atoms with Crippen LogP contribution < -0.4 is 14.4 Å². The molecule has 0 atom stereocenters. The molecular formula is C23H25F2N3O4S. The summed E-state index contributed by atoms with van der Waals surface area (Å²) in [4.78, 5) is 21.2. The summed E-state index contributed by atoms with van der Waals surface area (Å²) in [5.74, 6) is -0.804. The van der Waals surface area contributed by atoms with Gasteiger partial charge in [0.25, 0.3) is 5.91 Å². The number of carbonyl (C=O) groups is 1. The highest BCUT2D eigenvalue weighted by Crippen LogP contribution is 2.32. The highest BCUT2D eigenvalue weighted by molar-refractivity contribution is 7.22. The number of anilines is 1. The Morgan fingerprint density at radius 3 is 2.73 bits per heavy atom. The molecule has 0 spiro atoms. The number of fused-ring (bicyclic) bond motifs is 1. The van der Waals surface area contributed by atoms with Crippen molar-refractivity contribution in [3.05, 3.63) is 48.0 Å². The van der Waals surface area contributed by atoms with E-state index < -0.39 is 11.6 Å². The van der Waals surface area contributed by atoms with E-state index in [0.29, 0.717) is 47.5 Å². The number of hydrogen-bond acceptors (Lipinski definition) is 7. The summed E-state index contributed by atoms with van der Waals surface area (Å²) in [5.41, 5.74) is 0.0491. The molecule has 2 aromatic carbocycles. The van der Waals surface area contributed by atoms with Gasteiger partial charge in [-0.1, -0.05) is 23.5 Å². The number of morpholine rings is 1. The van der Waals surface area contributed by atoms with Gasteiger partial charge in [0, 0.05) is 32.2 Å². The fourth-order valence-electron chi connectivity index (χ4n) is 3.62. The molecule has 4 rings (SSSR count). The van der Waals surface area contributed by atoms with E-state index in [0.717, 1.165) is 37.0 Å². The van der Waals surface area contributed by atoms with E-state index in [9.17, 15) is 13.6 Å². The Balaban J connectivity index is 1.51. The first kappa shape index (κ1) is 23.3. The van der Waals surface area contributed by atoms with Gasteiger partial charge >= 0.3 is 0 Å². The number of amides is 1. The van der Waals surface area contributed by atoms with Crippen molar-refractivity contribution >= 4 is 32.6 Å². The minimum Gasteiger partial charge on any atom is -0.493 e. The highest BCUT2D eigenvalue weighted by atomic mass is 32.1. The van der Waals surface area contributed by atoms with Crippen LogP contribution in [0.5, 0.6) is 11.5 Å². The number of nitrogens with zero attached hydrogens (tertiary/aromatic N) is 3. The average molecular weight is 478 g/mol. The number of aromatic nitrogens is 1. The second kappa shape index (κ2) is 10.9. The number of benzene rings is 2. The number of thiazole rings is 1. The van der Waals surface area contributed by atoms with E-state index in [1.165, 1.54) is 18.1 Å². The quantitative estimate of drug-likeness (QED) is 0.468. The molecule has 0 radical (unpaired) electrons. The molecule has 1 aliphatic rings. The molecule has 2 heterocycles. The van der Waals surface area contributed by atoms with E-state index in [4.69, 9.17) is 14.2 Å². The smallest absolute Gasteiger partial charge is 0.266 e. The Bertz CT molecular complexity index is 1100. The molecule has 7 nitrogen and oxygen atoms in total. The number of hydrogen-bond donors (Lipinski definition) is 0. The molecule has 10 heteroatoms. The maximum absolute atomic E-state index is 14.2. The third-order valence-corrected chi connectivity index (χ3v) is 6.34. The summed E-state index contributed by atoms with van der Waals surface area (Å²) < 4.78 is 44.6. The normalized spacial score (nSPS) is 14.4. The van der Waals surface area contributed by atoms with Crippen molar-refractivity contribution in [3.63, 3.8) is 0 Å². The molecule has 0 saturated carbocycles. The van der Waals surface area contributed by atoms with Crippen molar-refractivity contribution in [2.75, 3.05) is 58.0 Å². The van der Waals surface area contributed by atoms with E-state index >= 15 is 0 Å². The molecule has 0 aliphatic carbocycles. The summed E-state index contributed by atoms with van der Waals surface area (Å²) >= 11 is 1.08. The molecular weight excluding hydrogens is 452 g/mol. The minimum absolute atomic E-state index is 0.0491. The molecule has 33 heavy (non-hydrogen) atoms. The lowest BCUT2D eigenvalue weighted by molar-refractivity contribution is -0.120. The maximum atomic E-state index is 14.2. The van der Waals surface area contributed by atoms with E-state index in [1.807, 2.05) is 0 Å². The van der Waals surface area contributed by atoms with Crippen LogP contribution in [0, 0.1) is 11.6 Å². The first-order chi connectivity index (χ1) is 16.0. The number of methoxy groups -OCH3 is 1. The first-order valence-electron chi connectivity index (χ1n) is 10.7. The van der Waals surface area contributed by atoms with Crippen molar-refractivity contribution in [2.24, 2.45) is 0 Å². The molecule has 176 valence electrons. The molecule has 1 aromatic heterocycles. The Morgan fingerprint density at radius 1 is 1.21 bits per heavy atom. The molecule has 1 saturated heterocycles. The predicted molar refractivity (Wildman–Crippen MR) is 122 cm³/mol. The van der Waals surface area contributed by atoms with Gasteiger partial charge in [-0.25, -0.2) is 13.8 Å². The number of halogens is 2. The van der Waals surface area contributed by atoms with Gasteiger partial charge in [0.15, 0.2) is 29.1 Å². The average Bonchev–Trinajstić information content (AvgIpc) is 3.25. The lowest BCUT2D eigenvalue weighted by atomic mass is 10.3. The molecule has 3 aromatic rings. The van der Waals surface area contributed by atoms with Crippen molar-refractivity contribution in [2.45, 2.75) is 6.42 Å². The van der Waals surface area contributed by atoms with Gasteiger partial charge in [0.05, 0.1) is 25.0 Å². The standard InChI is InChI=1S/C23H25F2N3O4S/c1-30-18-5-2-3-6-19(18)32-15-21(29)28(8-4-7-27-9-11-31-12-10-27)23-26-22-17(25)13-16(24)14-20(22)33-23/h2-3,5-6,13-14H,4,7-12,15H2,1H3. The summed E-state index contributed by atoms with van der Waals surface area (Å²) in [6, 6.07) is 9.06. The molecule has 1 fully saturated rings. The monoisotopic (exact) mass is 477 g/mol. The lowest BCUT2D eigenvalue weighted by Crippen LogP contribution is -2.40. The molecule has 0 N–H and O–H groups in total. The van der Waals surface area contributed by atoms with Crippen LogP contribution in [0.2, 0.25) is 0 Å². The summed E-state index contributed by atoms with van der Waals surface area (Å²) in [6.07, 6.45) is 0.688. The zero-order valence-corrected chi connectivity index (χ0v) is 19.1. The zero-order valence-electron chi connectivity index (χ0n) is 18.3. The second-order valence-corrected chi connectivity index (χ2v) is 8.53. The number of ether oxygens (including phenoxy) is 3. The van der Waals surface area contributed by atoms with Gasteiger partial charge < -0.3 is 14.2 Å². The number of rotatable bonds is 9. The minimum atomic E-state index is -0.751. The van der Waals surface area contributed by atoms with E-state index in [1.54, 1.807) is 24.3 Å². The summed E-state index contributed by atoms with van der Waals surface area (Å²) in [5, 5.41) is 0.310. The molecule has 1 amide bonds. The third-order valence-electron chi connectivity index (χ3n) is 5.31. The van der Waals surface area contributed by atoms with Crippen LogP contribution in [-0.2, 0) is 9.53 Å². The highest BCUT2D eigenvalue weighted by Gasteiger charge is 2.23. The van der Waals surface area contributed by atoms with Crippen LogP contribution in [0.25, 0.3) is 10.2 Å². The third kappa shape index (κ3) is 5.76.